The van der Waals surface area contributed by atoms with Gasteiger partial charge in [-0.15, -0.1) is 0 Å². The molecule has 0 aliphatic carbocycles. The molecule has 1 aliphatic rings. The van der Waals surface area contributed by atoms with Gasteiger partial charge in [0.2, 0.25) is 0 Å². The number of hydrogen-bond donors (Lipinski definition) is 2. The minimum absolute atomic E-state index is 0.0210. The van der Waals surface area contributed by atoms with E-state index in [9.17, 15) is 10.2 Å². The maximum absolute atomic E-state index is 10.0. The maximum atomic E-state index is 10.0. The molecule has 0 saturated carbocycles. The third-order valence-corrected chi connectivity index (χ3v) is 3.60. The van der Waals surface area contributed by atoms with E-state index in [-0.39, 0.29) is 18.1 Å². The molecular weight excluding hydrogens is 230 g/mol. The van der Waals surface area contributed by atoms with E-state index in [1.54, 1.807) is 13.8 Å². The van der Waals surface area contributed by atoms with E-state index in [1.807, 2.05) is 45.8 Å². The van der Waals surface area contributed by atoms with Gasteiger partial charge in [0.1, 0.15) is 0 Å². The summed E-state index contributed by atoms with van der Waals surface area (Å²) in [6.45, 7) is 13.7. The van der Waals surface area contributed by atoms with Gasteiger partial charge in [0.15, 0.2) is 0 Å². The van der Waals surface area contributed by atoms with Gasteiger partial charge in [0, 0.05) is 5.92 Å². The predicted molar refractivity (Wildman–Crippen MR) is 72.1 cm³/mol. The van der Waals surface area contributed by atoms with Crippen molar-refractivity contribution in [1.82, 2.24) is 5.06 Å². The number of hydrogen-bond acceptors (Lipinski definition) is 4. The minimum atomic E-state index is -0.876. The zero-order chi connectivity index (χ0) is 14.4. The molecule has 2 N–H and O–H groups in total. The number of rotatable bonds is 3. The molecule has 106 valence electrons. The molecule has 0 saturated heterocycles. The summed E-state index contributed by atoms with van der Waals surface area (Å²) in [5.74, 6) is 0.375. The molecule has 0 aromatic rings. The van der Waals surface area contributed by atoms with Crippen molar-refractivity contribution in [2.75, 3.05) is 6.61 Å². The van der Waals surface area contributed by atoms with Gasteiger partial charge in [-0.05, 0) is 47.6 Å². The molecule has 4 heteroatoms. The Hall–Kier alpha value is -0.580. The van der Waals surface area contributed by atoms with Crippen LogP contribution < -0.4 is 0 Å². The summed E-state index contributed by atoms with van der Waals surface area (Å²) in [5.41, 5.74) is -1.63. The molecular formula is C14H27NO3. The molecule has 0 aromatic carbocycles. The Bertz CT molecular complexity index is 339. The second-order valence-corrected chi connectivity index (χ2v) is 6.98. The summed E-state index contributed by atoms with van der Waals surface area (Å²) in [6, 6.07) is 0. The third-order valence-electron chi connectivity index (χ3n) is 3.60. The van der Waals surface area contributed by atoms with Gasteiger partial charge < -0.3 is 10.2 Å². The Labute approximate surface area is 110 Å². The summed E-state index contributed by atoms with van der Waals surface area (Å²) in [7, 11) is 0. The second-order valence-electron chi connectivity index (χ2n) is 6.98. The monoisotopic (exact) mass is 257 g/mol. The lowest BCUT2D eigenvalue weighted by molar-refractivity contribution is -0.287. The first kappa shape index (κ1) is 15.5. The summed E-state index contributed by atoms with van der Waals surface area (Å²) in [6.07, 6.45) is 1.81. The Morgan fingerprint density at radius 3 is 2.28 bits per heavy atom. The van der Waals surface area contributed by atoms with Crippen LogP contribution in [-0.2, 0) is 4.84 Å². The Morgan fingerprint density at radius 1 is 1.33 bits per heavy atom. The average molecular weight is 257 g/mol. The van der Waals surface area contributed by atoms with Crippen molar-refractivity contribution >= 4 is 0 Å². The highest BCUT2D eigenvalue weighted by Gasteiger charge is 2.47. The van der Waals surface area contributed by atoms with Crippen molar-refractivity contribution in [2.45, 2.75) is 65.1 Å². The van der Waals surface area contributed by atoms with Gasteiger partial charge in [-0.1, -0.05) is 6.92 Å². The van der Waals surface area contributed by atoms with Crippen LogP contribution in [0, 0.1) is 5.92 Å². The first-order valence-corrected chi connectivity index (χ1v) is 6.45. The fourth-order valence-electron chi connectivity index (χ4n) is 2.38. The van der Waals surface area contributed by atoms with Crippen molar-refractivity contribution in [3.63, 3.8) is 0 Å². The van der Waals surface area contributed by atoms with Gasteiger partial charge in [-0.25, -0.2) is 0 Å². The first-order chi connectivity index (χ1) is 7.88. The van der Waals surface area contributed by atoms with Crippen LogP contribution in [0.4, 0.5) is 0 Å². The van der Waals surface area contributed by atoms with Gasteiger partial charge in [-0.3, -0.25) is 4.84 Å². The number of aliphatic hydroxyl groups is 2. The molecule has 0 spiro atoms. The fraction of sp³-hybridized carbons (Fsp3) is 0.857. The van der Waals surface area contributed by atoms with E-state index in [1.165, 1.54) is 0 Å². The Morgan fingerprint density at radius 2 is 1.83 bits per heavy atom. The van der Waals surface area contributed by atoms with E-state index in [2.05, 4.69) is 0 Å². The van der Waals surface area contributed by atoms with Crippen LogP contribution in [0.5, 0.6) is 0 Å². The lowest BCUT2D eigenvalue weighted by Gasteiger charge is -2.52. The van der Waals surface area contributed by atoms with Crippen LogP contribution in [0.1, 0.15) is 48.5 Å². The highest BCUT2D eigenvalue weighted by Crippen LogP contribution is 2.40. The second kappa shape index (κ2) is 4.51. The minimum Gasteiger partial charge on any atom is -0.512 e. The fourth-order valence-corrected chi connectivity index (χ4v) is 2.38. The van der Waals surface area contributed by atoms with Crippen LogP contribution in [-0.4, -0.2) is 38.6 Å². The molecule has 0 fully saturated rings. The van der Waals surface area contributed by atoms with Crippen molar-refractivity contribution in [3.05, 3.63) is 11.8 Å². The van der Waals surface area contributed by atoms with Gasteiger partial charge >= 0.3 is 0 Å². The maximum Gasteiger partial charge on any atom is 0.0967 e. The van der Waals surface area contributed by atoms with Crippen molar-refractivity contribution in [3.8, 4) is 0 Å². The molecule has 1 rings (SSSR count). The molecule has 1 aliphatic heterocycles. The quantitative estimate of drug-likeness (QED) is 0.816. The zero-order valence-electron chi connectivity index (χ0n) is 12.6. The summed E-state index contributed by atoms with van der Waals surface area (Å²) < 4.78 is 0. The number of aliphatic hydroxyl groups excluding tert-OH is 1. The van der Waals surface area contributed by atoms with Crippen LogP contribution in [0.25, 0.3) is 0 Å². The van der Waals surface area contributed by atoms with Crippen LogP contribution in [0.3, 0.4) is 0 Å². The highest BCUT2D eigenvalue weighted by molar-refractivity contribution is 5.18. The molecule has 1 unspecified atom stereocenters. The predicted octanol–water partition coefficient (Wildman–Crippen LogP) is 2.64. The summed E-state index contributed by atoms with van der Waals surface area (Å²) >= 11 is 0. The zero-order valence-corrected chi connectivity index (χ0v) is 12.6. The standard InChI is InChI=1S/C14H27NO3/c1-10-11(16)8-12(2,3)15(14(10,6)7)18-9-13(4,5)17/h8,10,16-17H,9H2,1-7H3. The molecule has 1 atom stereocenters. The van der Waals surface area contributed by atoms with E-state index in [0.717, 1.165) is 0 Å². The molecule has 0 amide bonds. The molecule has 0 bridgehead atoms. The average Bonchev–Trinajstić information content (AvgIpc) is 2.11. The number of nitrogens with zero attached hydrogens (tertiary/aromatic N) is 1. The van der Waals surface area contributed by atoms with E-state index in [4.69, 9.17) is 4.84 Å². The summed E-state index contributed by atoms with van der Waals surface area (Å²) in [4.78, 5) is 5.82. The highest BCUT2D eigenvalue weighted by atomic mass is 16.7. The van der Waals surface area contributed by atoms with E-state index >= 15 is 0 Å². The van der Waals surface area contributed by atoms with Crippen LogP contribution in [0.15, 0.2) is 11.8 Å². The van der Waals surface area contributed by atoms with E-state index < -0.39 is 11.1 Å². The smallest absolute Gasteiger partial charge is 0.0967 e. The molecule has 0 aromatic heterocycles. The van der Waals surface area contributed by atoms with Crippen LogP contribution in [0.2, 0.25) is 0 Å². The lowest BCUT2D eigenvalue weighted by Crippen LogP contribution is -2.61. The molecule has 18 heavy (non-hydrogen) atoms. The lowest BCUT2D eigenvalue weighted by atomic mass is 9.79. The molecule has 4 nitrogen and oxygen atoms in total. The van der Waals surface area contributed by atoms with Gasteiger partial charge in [0.25, 0.3) is 0 Å². The number of hydroxylamine groups is 2. The van der Waals surface area contributed by atoms with Gasteiger partial charge in [0.05, 0.1) is 29.0 Å². The molecule has 1 heterocycles. The van der Waals surface area contributed by atoms with Crippen molar-refractivity contribution in [2.24, 2.45) is 5.92 Å². The van der Waals surface area contributed by atoms with Gasteiger partial charge in [-0.2, -0.15) is 5.06 Å². The summed E-state index contributed by atoms with van der Waals surface area (Å²) in [5, 5.41) is 21.7. The molecule has 0 radical (unpaired) electrons. The van der Waals surface area contributed by atoms with Crippen molar-refractivity contribution < 1.29 is 15.1 Å². The first-order valence-electron chi connectivity index (χ1n) is 6.45. The topological polar surface area (TPSA) is 52.9 Å². The van der Waals surface area contributed by atoms with E-state index in [0.29, 0.717) is 5.76 Å². The Kier molecular flexibility index (Phi) is 3.88. The SMILES string of the molecule is CC1C(O)=CC(C)(C)N(OCC(C)(C)O)C1(C)C. The normalized spacial score (nSPS) is 28.0. The van der Waals surface area contributed by atoms with Crippen molar-refractivity contribution in [1.29, 1.82) is 0 Å². The van der Waals surface area contributed by atoms with Crippen LogP contribution >= 0.6 is 0 Å². The Balaban J connectivity index is 3.00. The third kappa shape index (κ3) is 3.05. The largest absolute Gasteiger partial charge is 0.512 e.